The van der Waals surface area contributed by atoms with E-state index in [1.807, 2.05) is 0 Å². The van der Waals surface area contributed by atoms with Gasteiger partial charge in [0.05, 0.1) is 5.54 Å². The van der Waals surface area contributed by atoms with E-state index in [1.165, 1.54) is 13.0 Å². The number of piperazine rings is 1. The van der Waals surface area contributed by atoms with Gasteiger partial charge >= 0.3 is 0 Å². The number of hydrogen-bond acceptors (Lipinski definition) is 2. The molecule has 0 radical (unpaired) electrons. The normalized spacial score (nSPS) is 67.1. The number of likely N-dealkylation sites (N-methyl/N-ethyl adjacent to an activating group) is 1. The van der Waals surface area contributed by atoms with Crippen LogP contribution in [0, 0.1) is 0 Å². The van der Waals surface area contributed by atoms with Crippen LogP contribution in [0.4, 0.5) is 0 Å². The van der Waals surface area contributed by atoms with Crippen LogP contribution in [0.2, 0.25) is 0 Å². The molecule has 2 heteroatoms. The fraction of sp³-hybridized carbons (Fsp3) is 1.00. The first-order valence-corrected chi connectivity index (χ1v) is 3.31. The molecule has 0 amide bonds. The predicted octanol–water partition coefficient (Wildman–Crippen LogP) is -0.585. The number of rotatable bonds is 0. The minimum Gasteiger partial charge on any atom is -0.302 e. The smallest absolute Gasteiger partial charge is 0.0524 e. The van der Waals surface area contributed by atoms with E-state index < -0.39 is 0 Å². The van der Waals surface area contributed by atoms with Crippen LogP contribution in [-0.4, -0.2) is 36.1 Å². The van der Waals surface area contributed by atoms with E-state index in [9.17, 15) is 0 Å². The number of nitrogens with zero attached hydrogens (tertiary/aromatic N) is 1. The van der Waals surface area contributed by atoms with Crippen LogP contribution in [0.15, 0.2) is 0 Å². The Morgan fingerprint density at radius 1 is 1.75 bits per heavy atom. The first-order chi connectivity index (χ1) is 3.83. The van der Waals surface area contributed by atoms with Crippen molar-refractivity contribution in [2.24, 2.45) is 0 Å². The molecule has 1 N–H and O–H groups in total. The van der Waals surface area contributed by atoms with Crippen molar-refractivity contribution < 1.29 is 0 Å². The Balaban J connectivity index is 2.02. The van der Waals surface area contributed by atoms with Crippen molar-refractivity contribution in [3.63, 3.8) is 0 Å². The molecule has 0 aromatic heterocycles. The van der Waals surface area contributed by atoms with Crippen LogP contribution in [-0.2, 0) is 0 Å². The topological polar surface area (TPSA) is 25.2 Å². The average molecular weight is 110 g/mol. The lowest BCUT2D eigenvalue weighted by Crippen LogP contribution is -2.24. The maximum atomic E-state index is 3.51. The summed E-state index contributed by atoms with van der Waals surface area (Å²) >= 11 is 0. The Morgan fingerprint density at radius 3 is 2.88 bits per heavy atom. The van der Waals surface area contributed by atoms with Gasteiger partial charge in [-0.25, -0.2) is 0 Å². The predicted molar refractivity (Wildman–Crippen MR) is 30.7 cm³/mol. The Kier molecular flexibility index (Phi) is 0.364. The second-order valence-corrected chi connectivity index (χ2v) is 3.40. The van der Waals surface area contributed by atoms with Gasteiger partial charge in [-0.3, -0.25) is 4.90 Å². The van der Waals surface area contributed by atoms with Gasteiger partial charge in [-0.05, 0) is 13.5 Å². The van der Waals surface area contributed by atoms with Crippen molar-refractivity contribution >= 4 is 0 Å². The number of likely N-dealkylation sites (tertiary alicyclic amines) is 1. The Bertz CT molecular complexity index is 157. The summed E-state index contributed by atoms with van der Waals surface area (Å²) in [5.74, 6) is 0. The van der Waals surface area contributed by atoms with Crippen LogP contribution in [0.1, 0.15) is 6.42 Å². The summed E-state index contributed by atoms with van der Waals surface area (Å²) in [7, 11) is 2.23. The zero-order valence-corrected chi connectivity index (χ0v) is 5.02. The SMILES string of the molecule is CN1C[C@@H]2NC23C[C@@H]13. The molecule has 2 heterocycles. The molecule has 2 saturated heterocycles. The van der Waals surface area contributed by atoms with Crippen molar-refractivity contribution in [3.05, 3.63) is 0 Å². The van der Waals surface area contributed by atoms with Gasteiger partial charge in [0.15, 0.2) is 0 Å². The van der Waals surface area contributed by atoms with Gasteiger partial charge in [-0.15, -0.1) is 0 Å². The monoisotopic (exact) mass is 110 g/mol. The summed E-state index contributed by atoms with van der Waals surface area (Å²) in [5, 5.41) is 3.51. The third kappa shape index (κ3) is 0.213. The summed E-state index contributed by atoms with van der Waals surface area (Å²) in [6.45, 7) is 1.30. The van der Waals surface area contributed by atoms with Crippen LogP contribution in [0.5, 0.6) is 0 Å². The third-order valence-electron chi connectivity index (χ3n) is 2.95. The molecule has 3 rings (SSSR count). The second-order valence-electron chi connectivity index (χ2n) is 3.40. The van der Waals surface area contributed by atoms with E-state index in [1.54, 1.807) is 0 Å². The number of piperidine rings is 1. The van der Waals surface area contributed by atoms with Crippen molar-refractivity contribution in [2.75, 3.05) is 13.6 Å². The molecule has 1 saturated carbocycles. The van der Waals surface area contributed by atoms with Crippen LogP contribution in [0.3, 0.4) is 0 Å². The Morgan fingerprint density at radius 2 is 2.62 bits per heavy atom. The van der Waals surface area contributed by atoms with Crippen LogP contribution >= 0.6 is 0 Å². The minimum atomic E-state index is 0.675. The lowest BCUT2D eigenvalue weighted by molar-refractivity contribution is 0.347. The van der Waals surface area contributed by atoms with Gasteiger partial charge < -0.3 is 5.32 Å². The molecule has 2 nitrogen and oxygen atoms in total. The Hall–Kier alpha value is -0.0800. The van der Waals surface area contributed by atoms with E-state index in [2.05, 4.69) is 17.3 Å². The molecule has 8 heavy (non-hydrogen) atoms. The lowest BCUT2D eigenvalue weighted by Gasteiger charge is -2.09. The van der Waals surface area contributed by atoms with Gasteiger partial charge in [0, 0.05) is 18.6 Å². The third-order valence-corrected chi connectivity index (χ3v) is 2.95. The summed E-state index contributed by atoms with van der Waals surface area (Å²) in [6.07, 6.45) is 1.42. The molecule has 0 aromatic carbocycles. The van der Waals surface area contributed by atoms with E-state index in [0.29, 0.717) is 5.54 Å². The highest BCUT2D eigenvalue weighted by atomic mass is 15.4. The van der Waals surface area contributed by atoms with Crippen molar-refractivity contribution in [1.82, 2.24) is 10.2 Å². The molecular formula is C6H10N2. The molecule has 1 unspecified atom stereocenters. The summed E-state index contributed by atoms with van der Waals surface area (Å²) < 4.78 is 0. The molecule has 0 aromatic rings. The highest BCUT2D eigenvalue weighted by Crippen LogP contribution is 2.57. The molecular weight excluding hydrogens is 100 g/mol. The van der Waals surface area contributed by atoms with Gasteiger partial charge in [0.25, 0.3) is 0 Å². The number of hydrogen-bond donors (Lipinski definition) is 1. The minimum absolute atomic E-state index is 0.675. The molecule has 0 bridgehead atoms. The van der Waals surface area contributed by atoms with Gasteiger partial charge in [0.2, 0.25) is 0 Å². The van der Waals surface area contributed by atoms with Crippen LogP contribution < -0.4 is 5.32 Å². The molecule has 1 spiro atoms. The molecule has 3 aliphatic rings. The fourth-order valence-electron chi connectivity index (χ4n) is 2.25. The van der Waals surface area contributed by atoms with Crippen molar-refractivity contribution in [3.8, 4) is 0 Å². The zero-order valence-electron chi connectivity index (χ0n) is 5.02. The molecule has 3 atom stereocenters. The lowest BCUT2D eigenvalue weighted by atomic mass is 10.3. The van der Waals surface area contributed by atoms with Crippen molar-refractivity contribution in [2.45, 2.75) is 24.0 Å². The molecule has 2 aliphatic heterocycles. The van der Waals surface area contributed by atoms with E-state index in [-0.39, 0.29) is 0 Å². The van der Waals surface area contributed by atoms with Gasteiger partial charge in [-0.2, -0.15) is 0 Å². The molecule has 1 aliphatic carbocycles. The van der Waals surface area contributed by atoms with E-state index in [0.717, 1.165) is 12.1 Å². The highest BCUT2D eigenvalue weighted by Gasteiger charge is 2.76. The van der Waals surface area contributed by atoms with E-state index in [4.69, 9.17) is 0 Å². The average Bonchev–Trinajstić information content (AvgIpc) is 2.51. The van der Waals surface area contributed by atoms with Crippen LogP contribution in [0.25, 0.3) is 0 Å². The zero-order chi connectivity index (χ0) is 5.35. The summed E-state index contributed by atoms with van der Waals surface area (Å²) in [4.78, 5) is 2.47. The van der Waals surface area contributed by atoms with Gasteiger partial charge in [-0.1, -0.05) is 0 Å². The summed E-state index contributed by atoms with van der Waals surface area (Å²) in [5.41, 5.74) is 0.675. The number of nitrogens with one attached hydrogen (secondary N) is 1. The fourth-order valence-corrected chi connectivity index (χ4v) is 2.25. The second kappa shape index (κ2) is 0.755. The quantitative estimate of drug-likeness (QED) is 0.422. The standard InChI is InChI=1S/C6H10N2/c1-8-3-4-6(7-4)2-5(6)8/h4-5,7H,2-3H2,1H3/t4-,5+,6?/m0/s1. The highest BCUT2D eigenvalue weighted by molar-refractivity contribution is 5.38. The maximum Gasteiger partial charge on any atom is 0.0524 e. The van der Waals surface area contributed by atoms with Gasteiger partial charge in [0.1, 0.15) is 0 Å². The Labute approximate surface area is 48.9 Å². The molecule has 3 fully saturated rings. The van der Waals surface area contributed by atoms with Crippen molar-refractivity contribution in [1.29, 1.82) is 0 Å². The summed E-state index contributed by atoms with van der Waals surface area (Å²) in [6, 6.07) is 1.81. The van der Waals surface area contributed by atoms with E-state index >= 15 is 0 Å². The maximum absolute atomic E-state index is 3.51. The first-order valence-electron chi connectivity index (χ1n) is 3.31. The largest absolute Gasteiger partial charge is 0.302 e. The first kappa shape index (κ1) is 3.85. The molecule has 44 valence electrons.